The number of rotatable bonds is 3. The molecule has 1 fully saturated rings. The van der Waals surface area contributed by atoms with Gasteiger partial charge < -0.3 is 9.88 Å². The minimum absolute atomic E-state index is 0.0369. The van der Waals surface area contributed by atoms with Crippen LogP contribution in [-0.4, -0.2) is 40.4 Å². The zero-order valence-electron chi connectivity index (χ0n) is 8.16. The van der Waals surface area contributed by atoms with E-state index in [-0.39, 0.29) is 11.9 Å². The number of likely N-dealkylation sites (N-methyl/N-ethyl adjacent to an activating group) is 1. The topological polar surface area (TPSA) is 61.0 Å². The number of nitrogens with zero attached hydrogens (tertiary/aromatic N) is 2. The number of nitrogens with one attached hydrogen (secondary N) is 2. The van der Waals surface area contributed by atoms with E-state index in [2.05, 4.69) is 15.3 Å². The second-order valence-electron chi connectivity index (χ2n) is 3.52. The monoisotopic (exact) mass is 194 g/mol. The molecule has 2 N–H and O–H groups in total. The first kappa shape index (κ1) is 9.21. The highest BCUT2D eigenvalue weighted by Crippen LogP contribution is 2.08. The molecule has 1 saturated heterocycles. The Morgan fingerprint density at radius 2 is 2.64 bits per heavy atom. The van der Waals surface area contributed by atoms with Gasteiger partial charge in [-0.1, -0.05) is 0 Å². The third kappa shape index (κ3) is 1.77. The fourth-order valence-corrected chi connectivity index (χ4v) is 1.63. The summed E-state index contributed by atoms with van der Waals surface area (Å²) < 4.78 is 0. The second-order valence-corrected chi connectivity index (χ2v) is 3.52. The molecule has 0 bridgehead atoms. The van der Waals surface area contributed by atoms with Crippen LogP contribution in [0.3, 0.4) is 0 Å². The summed E-state index contributed by atoms with van der Waals surface area (Å²) in [6.07, 6.45) is 4.37. The summed E-state index contributed by atoms with van der Waals surface area (Å²) in [6, 6.07) is -0.0369. The summed E-state index contributed by atoms with van der Waals surface area (Å²) in [5.74, 6) is 1.05. The third-order valence-electron chi connectivity index (χ3n) is 2.50. The van der Waals surface area contributed by atoms with E-state index in [9.17, 15) is 4.79 Å². The highest BCUT2D eigenvalue weighted by molar-refractivity contribution is 5.83. The Morgan fingerprint density at radius 1 is 1.79 bits per heavy atom. The van der Waals surface area contributed by atoms with Gasteiger partial charge in [-0.05, 0) is 6.42 Å². The van der Waals surface area contributed by atoms with Crippen molar-refractivity contribution in [1.82, 2.24) is 20.2 Å². The van der Waals surface area contributed by atoms with Gasteiger partial charge in [0.1, 0.15) is 5.82 Å². The number of likely N-dealkylation sites (tertiary alicyclic amines) is 1. The number of hydrogen-bond acceptors (Lipinski definition) is 3. The summed E-state index contributed by atoms with van der Waals surface area (Å²) in [6.45, 7) is 1.46. The fourth-order valence-electron chi connectivity index (χ4n) is 1.63. The van der Waals surface area contributed by atoms with Gasteiger partial charge in [0.15, 0.2) is 0 Å². The van der Waals surface area contributed by atoms with Crippen molar-refractivity contribution >= 4 is 5.91 Å². The Hall–Kier alpha value is -1.36. The molecule has 2 heterocycles. The Bertz CT molecular complexity index is 309. The lowest BCUT2D eigenvalue weighted by Crippen LogP contribution is -2.36. The van der Waals surface area contributed by atoms with Gasteiger partial charge in [-0.25, -0.2) is 4.98 Å². The standard InChI is InChI=1S/C9H14N4O/c1-13-5-2-7(9(13)14)12-6-8-10-3-4-11-8/h3-4,7,12H,2,5-6H2,1H3,(H,10,11). The summed E-state index contributed by atoms with van der Waals surface area (Å²) in [4.78, 5) is 20.3. The average Bonchev–Trinajstić information content (AvgIpc) is 2.77. The molecule has 0 aromatic carbocycles. The van der Waals surface area contributed by atoms with Crippen molar-refractivity contribution in [1.29, 1.82) is 0 Å². The molecule has 1 aromatic heterocycles. The highest BCUT2D eigenvalue weighted by Gasteiger charge is 2.28. The number of carbonyl (C=O) groups is 1. The van der Waals surface area contributed by atoms with Crippen molar-refractivity contribution in [2.75, 3.05) is 13.6 Å². The van der Waals surface area contributed by atoms with E-state index in [1.54, 1.807) is 17.3 Å². The van der Waals surface area contributed by atoms with Crippen molar-refractivity contribution in [2.24, 2.45) is 0 Å². The normalized spacial score (nSPS) is 21.9. The zero-order chi connectivity index (χ0) is 9.97. The number of aromatic nitrogens is 2. The molecular weight excluding hydrogens is 180 g/mol. The first-order valence-electron chi connectivity index (χ1n) is 4.74. The molecule has 76 valence electrons. The van der Waals surface area contributed by atoms with E-state index in [1.807, 2.05) is 7.05 Å². The predicted octanol–water partition coefficient (Wildman–Crippen LogP) is -0.270. The van der Waals surface area contributed by atoms with E-state index >= 15 is 0 Å². The molecule has 0 aliphatic carbocycles. The van der Waals surface area contributed by atoms with Gasteiger partial charge in [0.2, 0.25) is 5.91 Å². The molecular formula is C9H14N4O. The molecule has 14 heavy (non-hydrogen) atoms. The summed E-state index contributed by atoms with van der Waals surface area (Å²) >= 11 is 0. The number of imidazole rings is 1. The molecule has 0 spiro atoms. The second kappa shape index (κ2) is 3.79. The number of aromatic amines is 1. The van der Waals surface area contributed by atoms with E-state index < -0.39 is 0 Å². The first-order chi connectivity index (χ1) is 6.77. The summed E-state index contributed by atoms with van der Waals surface area (Å²) in [5, 5.41) is 3.18. The van der Waals surface area contributed by atoms with Crippen LogP contribution in [0.4, 0.5) is 0 Å². The number of H-pyrrole nitrogens is 1. The lowest BCUT2D eigenvalue weighted by Gasteiger charge is -2.10. The van der Waals surface area contributed by atoms with Gasteiger partial charge in [-0.15, -0.1) is 0 Å². The molecule has 1 unspecified atom stereocenters. The number of amides is 1. The predicted molar refractivity (Wildman–Crippen MR) is 51.5 cm³/mol. The Labute approximate surface area is 82.5 Å². The molecule has 5 heteroatoms. The van der Waals surface area contributed by atoms with Gasteiger partial charge >= 0.3 is 0 Å². The minimum Gasteiger partial charge on any atom is -0.348 e. The lowest BCUT2D eigenvalue weighted by molar-refractivity contribution is -0.128. The van der Waals surface area contributed by atoms with Crippen molar-refractivity contribution < 1.29 is 4.79 Å². The van der Waals surface area contributed by atoms with E-state index in [0.717, 1.165) is 18.8 Å². The maximum atomic E-state index is 11.5. The summed E-state index contributed by atoms with van der Waals surface area (Å²) in [7, 11) is 1.83. The first-order valence-corrected chi connectivity index (χ1v) is 4.74. The molecule has 0 radical (unpaired) electrons. The van der Waals surface area contributed by atoms with Gasteiger partial charge in [0, 0.05) is 26.0 Å². The van der Waals surface area contributed by atoms with Crippen LogP contribution in [0.25, 0.3) is 0 Å². The van der Waals surface area contributed by atoms with Crippen LogP contribution < -0.4 is 5.32 Å². The Kier molecular flexibility index (Phi) is 2.49. The Morgan fingerprint density at radius 3 is 3.21 bits per heavy atom. The molecule has 5 nitrogen and oxygen atoms in total. The summed E-state index contributed by atoms with van der Waals surface area (Å²) in [5.41, 5.74) is 0. The maximum absolute atomic E-state index is 11.5. The maximum Gasteiger partial charge on any atom is 0.239 e. The van der Waals surface area contributed by atoms with Crippen molar-refractivity contribution in [3.63, 3.8) is 0 Å². The van der Waals surface area contributed by atoms with E-state index in [0.29, 0.717) is 6.54 Å². The SMILES string of the molecule is CN1CCC(NCc2ncc[nH]2)C1=O. The smallest absolute Gasteiger partial charge is 0.239 e. The van der Waals surface area contributed by atoms with Crippen molar-refractivity contribution in [3.8, 4) is 0 Å². The van der Waals surface area contributed by atoms with Crippen LogP contribution >= 0.6 is 0 Å². The van der Waals surface area contributed by atoms with Crippen LogP contribution in [0.2, 0.25) is 0 Å². The molecule has 1 aliphatic heterocycles. The quantitative estimate of drug-likeness (QED) is 0.696. The van der Waals surface area contributed by atoms with Gasteiger partial charge in [-0.2, -0.15) is 0 Å². The highest BCUT2D eigenvalue weighted by atomic mass is 16.2. The molecule has 1 amide bonds. The number of hydrogen-bond donors (Lipinski definition) is 2. The molecule has 1 aromatic rings. The van der Waals surface area contributed by atoms with Crippen LogP contribution in [0, 0.1) is 0 Å². The van der Waals surface area contributed by atoms with Crippen LogP contribution in [0.5, 0.6) is 0 Å². The van der Waals surface area contributed by atoms with Crippen LogP contribution in [0.15, 0.2) is 12.4 Å². The van der Waals surface area contributed by atoms with E-state index in [1.165, 1.54) is 0 Å². The van der Waals surface area contributed by atoms with Crippen LogP contribution in [-0.2, 0) is 11.3 Å². The van der Waals surface area contributed by atoms with E-state index in [4.69, 9.17) is 0 Å². The molecule has 1 atom stereocenters. The zero-order valence-corrected chi connectivity index (χ0v) is 8.16. The molecule has 1 aliphatic rings. The average molecular weight is 194 g/mol. The lowest BCUT2D eigenvalue weighted by atomic mass is 10.2. The fraction of sp³-hybridized carbons (Fsp3) is 0.556. The molecule has 0 saturated carbocycles. The minimum atomic E-state index is -0.0369. The van der Waals surface area contributed by atoms with Gasteiger partial charge in [0.25, 0.3) is 0 Å². The third-order valence-corrected chi connectivity index (χ3v) is 2.50. The van der Waals surface area contributed by atoms with Crippen molar-refractivity contribution in [2.45, 2.75) is 19.0 Å². The molecule has 2 rings (SSSR count). The largest absolute Gasteiger partial charge is 0.348 e. The Balaban J connectivity index is 1.84. The van der Waals surface area contributed by atoms with Crippen molar-refractivity contribution in [3.05, 3.63) is 18.2 Å². The van der Waals surface area contributed by atoms with Crippen LogP contribution in [0.1, 0.15) is 12.2 Å². The number of carbonyl (C=O) groups excluding carboxylic acids is 1. The van der Waals surface area contributed by atoms with Gasteiger partial charge in [0.05, 0.1) is 12.6 Å². The van der Waals surface area contributed by atoms with Gasteiger partial charge in [-0.3, -0.25) is 10.1 Å².